The van der Waals surface area contributed by atoms with Gasteiger partial charge in [-0.1, -0.05) is 29.8 Å². The van der Waals surface area contributed by atoms with Crippen LogP contribution in [0.3, 0.4) is 0 Å². The molecular weight excluding hydrogens is 268 g/mol. The topological polar surface area (TPSA) is 58.6 Å². The second kappa shape index (κ2) is 7.11. The molecule has 0 aliphatic carbocycles. The number of hydrogen-bond donors (Lipinski definition) is 1. The van der Waals surface area contributed by atoms with Gasteiger partial charge in [-0.15, -0.1) is 0 Å². The van der Waals surface area contributed by atoms with Crippen LogP contribution in [0.1, 0.15) is 24.0 Å². The molecule has 2 rings (SSSR count). The molecule has 1 heterocycles. The molecule has 1 aromatic rings. The number of aryl methyl sites for hydroxylation is 1. The molecule has 1 N–H and O–H groups in total. The average Bonchev–Trinajstić information content (AvgIpc) is 2.52. The van der Waals surface area contributed by atoms with Gasteiger partial charge in [-0.3, -0.25) is 4.79 Å². The van der Waals surface area contributed by atoms with E-state index in [0.29, 0.717) is 32.5 Å². The number of nitrogens with zero attached hydrogens (tertiary/aromatic N) is 1. The summed E-state index contributed by atoms with van der Waals surface area (Å²) < 4.78 is 4.69. The molecule has 21 heavy (non-hydrogen) atoms. The number of methoxy groups -OCH3 is 1. The van der Waals surface area contributed by atoms with Crippen molar-refractivity contribution in [3.8, 4) is 0 Å². The number of rotatable bonds is 3. The lowest BCUT2D eigenvalue weighted by molar-refractivity contribution is -0.126. The fourth-order valence-electron chi connectivity index (χ4n) is 2.61. The molecule has 1 saturated heterocycles. The molecule has 0 unspecified atom stereocenters. The van der Waals surface area contributed by atoms with Crippen LogP contribution < -0.4 is 5.32 Å². The van der Waals surface area contributed by atoms with Gasteiger partial charge in [0.05, 0.1) is 7.11 Å². The van der Waals surface area contributed by atoms with Gasteiger partial charge in [-0.05, 0) is 25.3 Å². The summed E-state index contributed by atoms with van der Waals surface area (Å²) in [5.41, 5.74) is 2.29. The lowest BCUT2D eigenvalue weighted by atomic mass is 9.96. The molecule has 1 aromatic carbocycles. The number of ether oxygens (including phenoxy) is 1. The van der Waals surface area contributed by atoms with E-state index in [1.807, 2.05) is 25.1 Å². The minimum absolute atomic E-state index is 0.0179. The van der Waals surface area contributed by atoms with Gasteiger partial charge < -0.3 is 15.0 Å². The van der Waals surface area contributed by atoms with Crippen LogP contribution >= 0.6 is 0 Å². The van der Waals surface area contributed by atoms with E-state index < -0.39 is 0 Å². The van der Waals surface area contributed by atoms with E-state index in [1.165, 1.54) is 12.7 Å². The Kier molecular flexibility index (Phi) is 5.20. The first-order chi connectivity index (χ1) is 10.1. The minimum atomic E-state index is -0.311. The molecule has 1 aliphatic rings. The standard InChI is InChI=1S/C16H22N2O3/c1-12-4-3-5-13(10-12)11-17-15(19)14-6-8-18(9-7-14)16(20)21-2/h3-5,10,14H,6-9,11H2,1-2H3,(H,17,19). The van der Waals surface area contributed by atoms with Gasteiger partial charge in [-0.2, -0.15) is 0 Å². The third-order valence-electron chi connectivity index (χ3n) is 3.85. The molecule has 0 aromatic heterocycles. The van der Waals surface area contributed by atoms with Crippen LogP contribution in [0.25, 0.3) is 0 Å². The number of likely N-dealkylation sites (tertiary alicyclic amines) is 1. The van der Waals surface area contributed by atoms with Gasteiger partial charge in [-0.25, -0.2) is 4.79 Å². The van der Waals surface area contributed by atoms with Crippen LogP contribution in [0.2, 0.25) is 0 Å². The third-order valence-corrected chi connectivity index (χ3v) is 3.85. The van der Waals surface area contributed by atoms with Crippen molar-refractivity contribution >= 4 is 12.0 Å². The van der Waals surface area contributed by atoms with Crippen molar-refractivity contribution in [2.45, 2.75) is 26.3 Å². The highest BCUT2D eigenvalue weighted by molar-refractivity contribution is 5.79. The van der Waals surface area contributed by atoms with Crippen molar-refractivity contribution in [3.63, 3.8) is 0 Å². The fourth-order valence-corrected chi connectivity index (χ4v) is 2.61. The van der Waals surface area contributed by atoms with E-state index in [0.717, 1.165) is 5.56 Å². The Morgan fingerprint density at radius 2 is 2.05 bits per heavy atom. The normalized spacial score (nSPS) is 15.6. The Balaban J connectivity index is 1.78. The van der Waals surface area contributed by atoms with Gasteiger partial charge in [0.2, 0.25) is 5.91 Å². The number of hydrogen-bond acceptors (Lipinski definition) is 3. The maximum Gasteiger partial charge on any atom is 0.409 e. The van der Waals surface area contributed by atoms with Gasteiger partial charge in [0.25, 0.3) is 0 Å². The zero-order valence-electron chi connectivity index (χ0n) is 12.6. The van der Waals surface area contributed by atoms with Crippen LogP contribution in [0.15, 0.2) is 24.3 Å². The van der Waals surface area contributed by atoms with Crippen LogP contribution in [0.5, 0.6) is 0 Å². The molecule has 2 amide bonds. The summed E-state index contributed by atoms with van der Waals surface area (Å²) in [6.07, 6.45) is 1.07. The zero-order chi connectivity index (χ0) is 15.2. The van der Waals surface area contributed by atoms with E-state index in [1.54, 1.807) is 4.90 Å². The first-order valence-corrected chi connectivity index (χ1v) is 7.26. The quantitative estimate of drug-likeness (QED) is 0.927. The minimum Gasteiger partial charge on any atom is -0.453 e. The molecule has 0 bridgehead atoms. The van der Waals surface area contributed by atoms with Crippen molar-refractivity contribution in [2.75, 3.05) is 20.2 Å². The first kappa shape index (κ1) is 15.4. The largest absolute Gasteiger partial charge is 0.453 e. The number of amides is 2. The van der Waals surface area contributed by atoms with Gasteiger partial charge >= 0.3 is 6.09 Å². The third kappa shape index (κ3) is 4.21. The SMILES string of the molecule is COC(=O)N1CCC(C(=O)NCc2cccc(C)c2)CC1. The maximum absolute atomic E-state index is 12.2. The van der Waals surface area contributed by atoms with Crippen molar-refractivity contribution in [2.24, 2.45) is 5.92 Å². The van der Waals surface area contributed by atoms with E-state index in [-0.39, 0.29) is 17.9 Å². The Labute approximate surface area is 125 Å². The smallest absolute Gasteiger partial charge is 0.409 e. The van der Waals surface area contributed by atoms with Crippen LogP contribution in [0, 0.1) is 12.8 Å². The lowest BCUT2D eigenvalue weighted by Crippen LogP contribution is -2.42. The van der Waals surface area contributed by atoms with Crippen molar-refractivity contribution in [3.05, 3.63) is 35.4 Å². The molecule has 0 radical (unpaired) electrons. The second-order valence-corrected chi connectivity index (χ2v) is 5.44. The summed E-state index contributed by atoms with van der Waals surface area (Å²) in [6, 6.07) is 8.10. The Bertz CT molecular complexity index is 508. The maximum atomic E-state index is 12.2. The fraction of sp³-hybridized carbons (Fsp3) is 0.500. The summed E-state index contributed by atoms with van der Waals surface area (Å²) in [7, 11) is 1.38. The summed E-state index contributed by atoms with van der Waals surface area (Å²) in [5, 5.41) is 2.98. The van der Waals surface area contributed by atoms with E-state index in [4.69, 9.17) is 0 Å². The Morgan fingerprint density at radius 3 is 2.67 bits per heavy atom. The number of carbonyl (C=O) groups is 2. The highest BCUT2D eigenvalue weighted by Crippen LogP contribution is 2.18. The van der Waals surface area contributed by atoms with Crippen molar-refractivity contribution in [1.29, 1.82) is 0 Å². The lowest BCUT2D eigenvalue weighted by Gasteiger charge is -2.30. The van der Waals surface area contributed by atoms with Gasteiger partial charge in [0, 0.05) is 25.6 Å². The van der Waals surface area contributed by atoms with Crippen LogP contribution in [-0.2, 0) is 16.1 Å². The molecule has 1 aliphatic heterocycles. The molecule has 5 nitrogen and oxygen atoms in total. The highest BCUT2D eigenvalue weighted by Gasteiger charge is 2.27. The van der Waals surface area contributed by atoms with E-state index >= 15 is 0 Å². The second-order valence-electron chi connectivity index (χ2n) is 5.44. The van der Waals surface area contributed by atoms with Gasteiger partial charge in [0.1, 0.15) is 0 Å². The molecule has 0 saturated carbocycles. The first-order valence-electron chi connectivity index (χ1n) is 7.26. The predicted octanol–water partition coefficient (Wildman–Crippen LogP) is 2.09. The molecule has 114 valence electrons. The summed E-state index contributed by atoms with van der Waals surface area (Å²) in [5.74, 6) is 0.0525. The van der Waals surface area contributed by atoms with Crippen molar-refractivity contribution < 1.29 is 14.3 Å². The molecule has 5 heteroatoms. The molecular formula is C16H22N2O3. The van der Waals surface area contributed by atoms with Crippen LogP contribution in [-0.4, -0.2) is 37.1 Å². The zero-order valence-corrected chi connectivity index (χ0v) is 12.6. The van der Waals surface area contributed by atoms with Crippen molar-refractivity contribution in [1.82, 2.24) is 10.2 Å². The van der Waals surface area contributed by atoms with E-state index in [2.05, 4.69) is 16.1 Å². The summed E-state index contributed by atoms with van der Waals surface area (Å²) in [6.45, 7) is 3.75. The Hall–Kier alpha value is -2.04. The summed E-state index contributed by atoms with van der Waals surface area (Å²) >= 11 is 0. The summed E-state index contributed by atoms with van der Waals surface area (Å²) in [4.78, 5) is 25.2. The Morgan fingerprint density at radius 1 is 1.33 bits per heavy atom. The predicted molar refractivity (Wildman–Crippen MR) is 79.7 cm³/mol. The number of nitrogens with one attached hydrogen (secondary N) is 1. The van der Waals surface area contributed by atoms with Gasteiger partial charge in [0.15, 0.2) is 0 Å². The number of carbonyl (C=O) groups excluding carboxylic acids is 2. The highest BCUT2D eigenvalue weighted by atomic mass is 16.5. The van der Waals surface area contributed by atoms with E-state index in [9.17, 15) is 9.59 Å². The monoisotopic (exact) mass is 290 g/mol. The molecule has 1 fully saturated rings. The molecule has 0 atom stereocenters. The van der Waals surface area contributed by atoms with Crippen LogP contribution in [0.4, 0.5) is 4.79 Å². The number of piperidine rings is 1. The average molecular weight is 290 g/mol. The molecule has 0 spiro atoms. The number of benzene rings is 1.